The second-order valence-electron chi connectivity index (χ2n) is 6.06. The molecular weight excluding hydrogens is 298 g/mol. The Balaban J connectivity index is 0.000000726. The number of carbonyl (C=O) groups is 1. The smallest absolute Gasteiger partial charge is 0.233 e. The van der Waals surface area contributed by atoms with Crippen molar-refractivity contribution >= 4 is 17.3 Å². The van der Waals surface area contributed by atoms with Crippen LogP contribution < -0.4 is 5.32 Å². The number of fused-ring (bicyclic) bond motifs is 2. The molecule has 1 N–H and O–H groups in total. The van der Waals surface area contributed by atoms with Gasteiger partial charge in [-0.3, -0.25) is 4.79 Å². The zero-order valence-electron chi connectivity index (χ0n) is 14.3. The number of allylic oxidation sites excluding steroid dienone is 1. The van der Waals surface area contributed by atoms with E-state index in [4.69, 9.17) is 0 Å². The number of aromatic nitrogens is 2. The molecule has 2 aromatic rings. The SMILES string of the molecule is C=C.Cc1nc(C2=CC(C)c3ccccc32)nc2c1[C@@H](C)C(=O)N2.[HH]. The highest BCUT2D eigenvalue weighted by Crippen LogP contribution is 2.40. The zero-order chi connectivity index (χ0) is 17.4. The minimum atomic E-state index is -0.173. The van der Waals surface area contributed by atoms with Crippen molar-refractivity contribution in [3.63, 3.8) is 0 Å². The number of nitrogens with one attached hydrogen (secondary N) is 1. The van der Waals surface area contributed by atoms with Crippen LogP contribution in [0.1, 0.15) is 55.3 Å². The molecular formula is C20H23N3O. The van der Waals surface area contributed by atoms with E-state index in [0.29, 0.717) is 17.6 Å². The molecule has 4 heteroatoms. The summed E-state index contributed by atoms with van der Waals surface area (Å²) in [4.78, 5) is 21.2. The molecule has 1 amide bonds. The van der Waals surface area contributed by atoms with Crippen LogP contribution >= 0.6 is 0 Å². The van der Waals surface area contributed by atoms with Gasteiger partial charge in [0.25, 0.3) is 0 Å². The number of hydrogen-bond acceptors (Lipinski definition) is 3. The van der Waals surface area contributed by atoms with Gasteiger partial charge in [0.2, 0.25) is 5.91 Å². The summed E-state index contributed by atoms with van der Waals surface area (Å²) < 4.78 is 0. The molecule has 1 aromatic carbocycles. The van der Waals surface area contributed by atoms with Crippen LogP contribution in [0.2, 0.25) is 0 Å². The average Bonchev–Trinajstić information content (AvgIpc) is 3.07. The number of benzene rings is 1. The predicted octanol–water partition coefficient (Wildman–Crippen LogP) is 4.44. The van der Waals surface area contributed by atoms with Gasteiger partial charge in [-0.25, -0.2) is 9.97 Å². The third kappa shape index (κ3) is 2.35. The van der Waals surface area contributed by atoms with Gasteiger partial charge in [-0.2, -0.15) is 0 Å². The third-order valence-electron chi connectivity index (χ3n) is 4.60. The third-order valence-corrected chi connectivity index (χ3v) is 4.60. The van der Waals surface area contributed by atoms with Crippen LogP contribution in [0, 0.1) is 6.92 Å². The van der Waals surface area contributed by atoms with Gasteiger partial charge in [0.1, 0.15) is 5.82 Å². The van der Waals surface area contributed by atoms with Crippen LogP contribution in [-0.4, -0.2) is 15.9 Å². The van der Waals surface area contributed by atoms with E-state index in [1.165, 1.54) is 11.1 Å². The maximum Gasteiger partial charge on any atom is 0.233 e. The Morgan fingerprint density at radius 3 is 2.62 bits per heavy atom. The first-order valence-electron chi connectivity index (χ1n) is 8.07. The Bertz CT molecular complexity index is 860. The van der Waals surface area contributed by atoms with Crippen molar-refractivity contribution in [2.24, 2.45) is 0 Å². The predicted molar refractivity (Wildman–Crippen MR) is 99.1 cm³/mol. The highest BCUT2D eigenvalue weighted by atomic mass is 16.2. The first kappa shape index (κ1) is 16.1. The zero-order valence-corrected chi connectivity index (χ0v) is 14.3. The van der Waals surface area contributed by atoms with E-state index in [1.54, 1.807) is 0 Å². The van der Waals surface area contributed by atoms with E-state index < -0.39 is 0 Å². The van der Waals surface area contributed by atoms with Crippen molar-refractivity contribution in [2.45, 2.75) is 32.6 Å². The number of hydrogen-bond donors (Lipinski definition) is 1. The first-order valence-corrected chi connectivity index (χ1v) is 8.07. The van der Waals surface area contributed by atoms with Crippen molar-refractivity contribution in [1.29, 1.82) is 0 Å². The lowest BCUT2D eigenvalue weighted by Gasteiger charge is -2.09. The molecule has 0 bridgehead atoms. The molecule has 124 valence electrons. The molecule has 1 aliphatic carbocycles. The van der Waals surface area contributed by atoms with Crippen LogP contribution in [0.4, 0.5) is 5.82 Å². The van der Waals surface area contributed by atoms with Crippen molar-refractivity contribution in [3.05, 3.63) is 71.7 Å². The number of anilines is 1. The highest BCUT2D eigenvalue weighted by Gasteiger charge is 2.32. The quantitative estimate of drug-likeness (QED) is 0.790. The molecule has 0 radical (unpaired) electrons. The lowest BCUT2D eigenvalue weighted by Crippen LogP contribution is -2.08. The molecule has 2 atom stereocenters. The van der Waals surface area contributed by atoms with Gasteiger partial charge < -0.3 is 5.32 Å². The van der Waals surface area contributed by atoms with Crippen molar-refractivity contribution in [3.8, 4) is 0 Å². The molecule has 2 heterocycles. The fraction of sp³-hybridized carbons (Fsp3) is 0.250. The topological polar surface area (TPSA) is 54.9 Å². The summed E-state index contributed by atoms with van der Waals surface area (Å²) in [5, 5.41) is 2.87. The summed E-state index contributed by atoms with van der Waals surface area (Å²) in [7, 11) is 0. The van der Waals surface area contributed by atoms with Crippen LogP contribution in [0.15, 0.2) is 43.5 Å². The molecule has 0 fully saturated rings. The van der Waals surface area contributed by atoms with E-state index >= 15 is 0 Å². The first-order chi connectivity index (χ1) is 11.6. The minimum absolute atomic E-state index is 0. The maximum absolute atomic E-state index is 11.9. The largest absolute Gasteiger partial charge is 0.310 e. The van der Waals surface area contributed by atoms with Crippen LogP contribution in [0.25, 0.3) is 5.57 Å². The standard InChI is InChI=1S/C18H17N3O.C2H4.H2/c1-9-8-14(13-7-5-4-6-12(9)13)16-19-11(3)15-10(2)18(22)21-17(15)20-16;1-2;/h4-10H,1-3H3,(H,19,20,21,22);1-2H2;1H/t9?,10-;;/m1../s1. The highest BCUT2D eigenvalue weighted by molar-refractivity contribution is 6.02. The van der Waals surface area contributed by atoms with Gasteiger partial charge in [-0.1, -0.05) is 37.3 Å². The van der Waals surface area contributed by atoms with Crippen molar-refractivity contribution in [1.82, 2.24) is 9.97 Å². The van der Waals surface area contributed by atoms with Gasteiger partial charge in [-0.15, -0.1) is 13.2 Å². The Hall–Kier alpha value is -2.75. The van der Waals surface area contributed by atoms with Crippen LogP contribution in [0.5, 0.6) is 0 Å². The van der Waals surface area contributed by atoms with Crippen LogP contribution in [0.3, 0.4) is 0 Å². The van der Waals surface area contributed by atoms with E-state index in [1.807, 2.05) is 19.9 Å². The second-order valence-corrected chi connectivity index (χ2v) is 6.06. The molecule has 0 saturated carbocycles. The summed E-state index contributed by atoms with van der Waals surface area (Å²) in [6, 6.07) is 8.35. The molecule has 1 aromatic heterocycles. The number of rotatable bonds is 1. The Kier molecular flexibility index (Phi) is 4.06. The number of amides is 1. The number of aryl methyl sites for hydroxylation is 1. The summed E-state index contributed by atoms with van der Waals surface area (Å²) in [5.41, 5.74) is 5.35. The summed E-state index contributed by atoms with van der Waals surface area (Å²) in [5.74, 6) is 1.55. The van der Waals surface area contributed by atoms with Gasteiger partial charge in [0.05, 0.1) is 5.92 Å². The lowest BCUT2D eigenvalue weighted by molar-refractivity contribution is -0.116. The van der Waals surface area contributed by atoms with E-state index in [9.17, 15) is 4.79 Å². The Morgan fingerprint density at radius 1 is 1.17 bits per heavy atom. The number of nitrogens with zero attached hydrogens (tertiary/aromatic N) is 2. The van der Waals surface area contributed by atoms with Crippen molar-refractivity contribution in [2.75, 3.05) is 5.32 Å². The second kappa shape index (κ2) is 6.04. The summed E-state index contributed by atoms with van der Waals surface area (Å²) in [6.07, 6.45) is 2.20. The molecule has 0 spiro atoms. The van der Waals surface area contributed by atoms with E-state index in [-0.39, 0.29) is 13.3 Å². The van der Waals surface area contributed by atoms with Crippen molar-refractivity contribution < 1.29 is 6.22 Å². The summed E-state index contributed by atoms with van der Waals surface area (Å²) >= 11 is 0. The molecule has 4 rings (SSSR count). The molecule has 2 aliphatic rings. The fourth-order valence-corrected chi connectivity index (χ4v) is 3.44. The average molecular weight is 321 g/mol. The van der Waals surface area contributed by atoms with Gasteiger partial charge in [0, 0.05) is 24.2 Å². The fourth-order valence-electron chi connectivity index (χ4n) is 3.44. The molecule has 0 saturated heterocycles. The molecule has 24 heavy (non-hydrogen) atoms. The van der Waals surface area contributed by atoms with E-state index in [0.717, 1.165) is 16.8 Å². The molecule has 1 unspecified atom stereocenters. The van der Waals surface area contributed by atoms with Gasteiger partial charge in [0.15, 0.2) is 5.82 Å². The number of carbonyl (C=O) groups excluding carboxylic acids is 1. The van der Waals surface area contributed by atoms with Crippen LogP contribution in [-0.2, 0) is 4.79 Å². The summed E-state index contributed by atoms with van der Waals surface area (Å²) in [6.45, 7) is 12.0. The minimum Gasteiger partial charge on any atom is -0.310 e. The molecule has 1 aliphatic heterocycles. The Labute approximate surface area is 143 Å². The monoisotopic (exact) mass is 321 g/mol. The van der Waals surface area contributed by atoms with E-state index in [2.05, 4.69) is 59.6 Å². The Morgan fingerprint density at radius 2 is 1.88 bits per heavy atom. The molecule has 4 nitrogen and oxygen atoms in total. The lowest BCUT2D eigenvalue weighted by atomic mass is 10.0. The normalized spacial score (nSPS) is 20.5. The van der Waals surface area contributed by atoms with Gasteiger partial charge in [-0.05, 0) is 25.0 Å². The van der Waals surface area contributed by atoms with Gasteiger partial charge >= 0.3 is 0 Å². The maximum atomic E-state index is 11.9.